The molecule has 2 aromatic heterocycles. The quantitative estimate of drug-likeness (QED) is 0.731. The normalized spacial score (nSPS) is 15.4. The topological polar surface area (TPSA) is 92.9 Å². The molecule has 7 heteroatoms. The molecule has 0 saturated carbocycles. The second-order valence-corrected chi connectivity index (χ2v) is 7.14. The summed E-state index contributed by atoms with van der Waals surface area (Å²) < 4.78 is 11.1. The average molecular weight is 394 g/mol. The predicted molar refractivity (Wildman–Crippen MR) is 107 cm³/mol. The minimum Gasteiger partial charge on any atom is -0.502 e. The summed E-state index contributed by atoms with van der Waals surface area (Å²) in [5.74, 6) is -0.633. The largest absolute Gasteiger partial charge is 0.502 e. The minimum absolute atomic E-state index is 0.0751. The van der Waals surface area contributed by atoms with Crippen LogP contribution in [0.4, 0.5) is 0 Å². The highest BCUT2D eigenvalue weighted by molar-refractivity contribution is 5.81. The Labute approximate surface area is 167 Å². The number of aromatic nitrogens is 1. The highest BCUT2D eigenvalue weighted by atomic mass is 16.5. The van der Waals surface area contributed by atoms with Gasteiger partial charge < -0.3 is 19.2 Å². The van der Waals surface area contributed by atoms with Crippen molar-refractivity contribution in [1.82, 2.24) is 9.88 Å². The van der Waals surface area contributed by atoms with Crippen molar-refractivity contribution in [3.63, 3.8) is 0 Å². The van der Waals surface area contributed by atoms with Crippen LogP contribution in [0.15, 0.2) is 51.8 Å². The summed E-state index contributed by atoms with van der Waals surface area (Å²) in [5, 5.41) is 11.3. The summed E-state index contributed by atoms with van der Waals surface area (Å²) in [6.07, 6.45) is 1.79. The lowest BCUT2D eigenvalue weighted by Crippen LogP contribution is -2.41. The molecule has 0 unspecified atom stereocenters. The first-order valence-corrected chi connectivity index (χ1v) is 9.57. The second-order valence-electron chi connectivity index (χ2n) is 7.14. The van der Waals surface area contributed by atoms with Gasteiger partial charge in [0.2, 0.25) is 17.1 Å². The molecule has 3 aromatic rings. The van der Waals surface area contributed by atoms with Gasteiger partial charge in [0.25, 0.3) is 0 Å². The summed E-state index contributed by atoms with van der Waals surface area (Å²) in [7, 11) is 0. The minimum atomic E-state index is -0.595. The summed E-state index contributed by atoms with van der Waals surface area (Å²) in [4.78, 5) is 31.2. The molecule has 7 nitrogen and oxygen atoms in total. The van der Waals surface area contributed by atoms with Crippen LogP contribution in [0.1, 0.15) is 29.4 Å². The molecular weight excluding hydrogens is 372 g/mol. The van der Waals surface area contributed by atoms with E-state index in [1.807, 2.05) is 30.3 Å². The number of pyridine rings is 1. The van der Waals surface area contributed by atoms with Crippen molar-refractivity contribution in [3.8, 4) is 5.75 Å². The number of ether oxygens (including phenoxy) is 1. The van der Waals surface area contributed by atoms with Gasteiger partial charge in [-0.2, -0.15) is 0 Å². The van der Waals surface area contributed by atoms with Crippen molar-refractivity contribution in [3.05, 3.63) is 69.9 Å². The summed E-state index contributed by atoms with van der Waals surface area (Å²) in [5.41, 5.74) is 1.08. The molecule has 0 bridgehead atoms. The first-order chi connectivity index (χ1) is 14.0. The first kappa shape index (κ1) is 19.1. The van der Waals surface area contributed by atoms with Crippen molar-refractivity contribution in [2.24, 2.45) is 0 Å². The number of carbonyl (C=O) groups excluding carboxylic acids is 1. The van der Waals surface area contributed by atoms with E-state index in [9.17, 15) is 14.7 Å². The first-order valence-electron chi connectivity index (χ1n) is 9.57. The number of carbonyl (C=O) groups is 1. The van der Waals surface area contributed by atoms with Gasteiger partial charge in [-0.15, -0.1) is 0 Å². The van der Waals surface area contributed by atoms with E-state index in [2.05, 4.69) is 4.98 Å². The fourth-order valence-corrected chi connectivity index (χ4v) is 3.65. The van der Waals surface area contributed by atoms with Crippen LogP contribution in [0.5, 0.6) is 5.75 Å². The number of aryl methyl sites for hydroxylation is 1. The Morgan fingerprint density at radius 3 is 2.83 bits per heavy atom. The Bertz CT molecular complexity index is 1100. The maximum Gasteiger partial charge on any atom is 0.227 e. The molecule has 29 heavy (non-hydrogen) atoms. The number of hydrogen-bond donors (Lipinski definition) is 1. The molecule has 1 atom stereocenters. The second kappa shape index (κ2) is 8.05. The molecule has 0 radical (unpaired) electrons. The number of aromatic hydroxyl groups is 1. The predicted octanol–water partition coefficient (Wildman–Crippen LogP) is 2.58. The van der Waals surface area contributed by atoms with Gasteiger partial charge in [0.15, 0.2) is 5.76 Å². The lowest BCUT2D eigenvalue weighted by molar-refractivity contribution is -0.135. The molecule has 4 rings (SSSR count). The van der Waals surface area contributed by atoms with E-state index in [4.69, 9.17) is 9.15 Å². The van der Waals surface area contributed by atoms with Gasteiger partial charge in [-0.05, 0) is 30.7 Å². The zero-order chi connectivity index (χ0) is 20.4. The van der Waals surface area contributed by atoms with E-state index >= 15 is 0 Å². The number of benzene rings is 1. The van der Waals surface area contributed by atoms with E-state index in [-0.39, 0.29) is 18.1 Å². The Hall–Kier alpha value is -3.19. The Morgan fingerprint density at radius 1 is 1.24 bits per heavy atom. The standard InChI is InChI=1S/C22H22N2O5/c1-14-11-19(25)21(27)22(29-14)17(13-20(26)24-7-9-28-10-8-24)15-4-5-18-16(12-15)3-2-6-23-18/h2-6,11-12,17,27H,7-10,13H2,1H3/t17-/m0/s1. The molecule has 0 spiro atoms. The molecule has 150 valence electrons. The number of rotatable bonds is 4. The lowest BCUT2D eigenvalue weighted by atomic mass is 9.90. The fourth-order valence-electron chi connectivity index (χ4n) is 3.65. The molecule has 1 fully saturated rings. The Kier molecular flexibility index (Phi) is 5.31. The maximum absolute atomic E-state index is 13.0. The zero-order valence-electron chi connectivity index (χ0n) is 16.1. The maximum atomic E-state index is 13.0. The van der Waals surface area contributed by atoms with Crippen molar-refractivity contribution in [2.75, 3.05) is 26.3 Å². The highest BCUT2D eigenvalue weighted by Crippen LogP contribution is 2.34. The zero-order valence-corrected chi connectivity index (χ0v) is 16.1. The van der Waals surface area contributed by atoms with Crippen LogP contribution in [-0.4, -0.2) is 47.2 Å². The average Bonchev–Trinajstić information content (AvgIpc) is 2.75. The smallest absolute Gasteiger partial charge is 0.227 e. The van der Waals surface area contributed by atoms with E-state index < -0.39 is 17.1 Å². The van der Waals surface area contributed by atoms with Crippen LogP contribution in [0.25, 0.3) is 10.9 Å². The number of fused-ring (bicyclic) bond motifs is 1. The van der Waals surface area contributed by atoms with Gasteiger partial charge >= 0.3 is 0 Å². The number of nitrogens with zero attached hydrogens (tertiary/aromatic N) is 2. The van der Waals surface area contributed by atoms with E-state index in [1.165, 1.54) is 6.07 Å². The van der Waals surface area contributed by atoms with Crippen molar-refractivity contribution in [2.45, 2.75) is 19.3 Å². The van der Waals surface area contributed by atoms with Crippen LogP contribution in [-0.2, 0) is 9.53 Å². The van der Waals surface area contributed by atoms with Gasteiger partial charge in [0.1, 0.15) is 5.76 Å². The van der Waals surface area contributed by atoms with Crippen molar-refractivity contribution >= 4 is 16.8 Å². The molecule has 3 heterocycles. The van der Waals surface area contributed by atoms with Gasteiger partial charge in [0.05, 0.1) is 24.6 Å². The molecule has 1 amide bonds. The van der Waals surface area contributed by atoms with E-state index in [0.717, 1.165) is 16.5 Å². The van der Waals surface area contributed by atoms with Crippen molar-refractivity contribution in [1.29, 1.82) is 0 Å². The monoisotopic (exact) mass is 394 g/mol. The third-order valence-electron chi connectivity index (χ3n) is 5.16. The summed E-state index contributed by atoms with van der Waals surface area (Å²) in [6.45, 7) is 3.70. The van der Waals surface area contributed by atoms with Gasteiger partial charge in [-0.1, -0.05) is 12.1 Å². The van der Waals surface area contributed by atoms with Crippen LogP contribution < -0.4 is 5.43 Å². The lowest BCUT2D eigenvalue weighted by Gasteiger charge is -2.28. The highest BCUT2D eigenvalue weighted by Gasteiger charge is 2.28. The molecule has 1 aromatic carbocycles. The van der Waals surface area contributed by atoms with E-state index in [1.54, 1.807) is 18.0 Å². The van der Waals surface area contributed by atoms with Crippen LogP contribution in [0.2, 0.25) is 0 Å². The summed E-state index contributed by atoms with van der Waals surface area (Å²) in [6, 6.07) is 10.6. The SMILES string of the molecule is Cc1cc(=O)c(O)c([C@@H](CC(=O)N2CCOCC2)c2ccc3ncccc3c2)o1. The molecule has 1 aliphatic rings. The Balaban J connectivity index is 1.77. The molecular formula is C22H22N2O5. The van der Waals surface area contributed by atoms with Crippen molar-refractivity contribution < 1.29 is 19.1 Å². The molecule has 0 aliphatic carbocycles. The number of amides is 1. The molecule has 1 saturated heterocycles. The summed E-state index contributed by atoms with van der Waals surface area (Å²) >= 11 is 0. The number of morpholine rings is 1. The van der Waals surface area contributed by atoms with Gasteiger partial charge in [-0.25, -0.2) is 0 Å². The molecule has 1 N–H and O–H groups in total. The van der Waals surface area contributed by atoms with E-state index in [0.29, 0.717) is 32.1 Å². The molecule has 1 aliphatic heterocycles. The number of hydrogen-bond acceptors (Lipinski definition) is 6. The van der Waals surface area contributed by atoms with Gasteiger partial charge in [-0.3, -0.25) is 14.6 Å². The third-order valence-corrected chi connectivity index (χ3v) is 5.16. The van der Waals surface area contributed by atoms with Gasteiger partial charge in [0, 0.05) is 37.2 Å². The Morgan fingerprint density at radius 2 is 2.03 bits per heavy atom. The van der Waals surface area contributed by atoms with Crippen LogP contribution in [0, 0.1) is 6.92 Å². The van der Waals surface area contributed by atoms with Crippen LogP contribution in [0.3, 0.4) is 0 Å². The third kappa shape index (κ3) is 4.00. The fraction of sp³-hybridized carbons (Fsp3) is 0.318. The van der Waals surface area contributed by atoms with Crippen LogP contribution >= 0.6 is 0 Å².